The van der Waals surface area contributed by atoms with Gasteiger partial charge in [-0.1, -0.05) is 32.1 Å². The average molecular weight is 364 g/mol. The van der Waals surface area contributed by atoms with Crippen LogP contribution in [-0.2, 0) is 15.0 Å². The maximum Gasteiger partial charge on any atom is 0.261 e. The number of hydrogen-bond donors (Lipinski definition) is 0. The quantitative estimate of drug-likeness (QED) is 0.753. The Labute approximate surface area is 157 Å². The fourth-order valence-corrected chi connectivity index (χ4v) is 4.06. The molecule has 0 bridgehead atoms. The summed E-state index contributed by atoms with van der Waals surface area (Å²) >= 11 is 0. The molecule has 0 aromatic heterocycles. The second-order valence-electron chi connectivity index (χ2n) is 7.88. The summed E-state index contributed by atoms with van der Waals surface area (Å²) in [5, 5.41) is 0. The molecule has 0 radical (unpaired) electrons. The monoisotopic (exact) mass is 364 g/mol. The zero-order valence-corrected chi connectivity index (χ0v) is 15.7. The molecule has 1 aromatic carbocycles. The van der Waals surface area contributed by atoms with E-state index in [9.17, 15) is 19.2 Å². The summed E-state index contributed by atoms with van der Waals surface area (Å²) in [5.41, 5.74) is 2.39. The molecule has 4 amide bonds. The van der Waals surface area contributed by atoms with E-state index < -0.39 is 0 Å². The number of amides is 4. The van der Waals surface area contributed by atoms with Gasteiger partial charge >= 0.3 is 0 Å². The predicted molar refractivity (Wildman–Crippen MR) is 97.9 cm³/mol. The van der Waals surface area contributed by atoms with Gasteiger partial charge in [0.1, 0.15) is 0 Å². The number of imide groups is 2. The maximum absolute atomic E-state index is 12.4. The Kier molecular flexibility index (Phi) is 3.54. The first kappa shape index (κ1) is 17.4. The second-order valence-corrected chi connectivity index (χ2v) is 7.88. The smallest absolute Gasteiger partial charge is 0.261 e. The molecule has 0 fully saturated rings. The topological polar surface area (TPSA) is 74.8 Å². The molecule has 1 aliphatic carbocycles. The van der Waals surface area contributed by atoms with Crippen LogP contribution >= 0.6 is 0 Å². The third kappa shape index (κ3) is 2.25. The van der Waals surface area contributed by atoms with Crippen LogP contribution < -0.4 is 0 Å². The fraction of sp³-hybridized carbons (Fsp3) is 0.333. The molecule has 2 aliphatic heterocycles. The van der Waals surface area contributed by atoms with Crippen molar-refractivity contribution in [2.75, 3.05) is 14.1 Å². The molecule has 27 heavy (non-hydrogen) atoms. The van der Waals surface area contributed by atoms with E-state index in [0.29, 0.717) is 28.7 Å². The summed E-state index contributed by atoms with van der Waals surface area (Å²) in [7, 11) is 2.98. The number of hydrogen-bond acceptors (Lipinski definition) is 4. The third-order valence-corrected chi connectivity index (χ3v) is 6.10. The largest absolute Gasteiger partial charge is 0.278 e. The highest BCUT2D eigenvalue weighted by atomic mass is 16.2. The van der Waals surface area contributed by atoms with E-state index in [0.717, 1.165) is 15.4 Å². The zero-order valence-electron chi connectivity index (χ0n) is 15.7. The van der Waals surface area contributed by atoms with Gasteiger partial charge in [0.15, 0.2) is 0 Å². The Bertz CT molecular complexity index is 999. The molecule has 0 saturated carbocycles. The first-order valence-electron chi connectivity index (χ1n) is 8.85. The molecule has 1 aromatic rings. The van der Waals surface area contributed by atoms with Gasteiger partial charge in [0.25, 0.3) is 23.6 Å². The Morgan fingerprint density at radius 3 is 2.22 bits per heavy atom. The number of fused-ring (bicyclic) bond motifs is 1. The Balaban J connectivity index is 1.68. The summed E-state index contributed by atoms with van der Waals surface area (Å²) in [4.78, 5) is 51.2. The van der Waals surface area contributed by atoms with Crippen molar-refractivity contribution in [3.63, 3.8) is 0 Å². The van der Waals surface area contributed by atoms with Crippen molar-refractivity contribution in [2.24, 2.45) is 5.92 Å². The molecule has 6 heteroatoms. The van der Waals surface area contributed by atoms with Gasteiger partial charge in [-0.25, -0.2) is 0 Å². The van der Waals surface area contributed by atoms with Crippen LogP contribution in [0.25, 0.3) is 0 Å². The first-order valence-corrected chi connectivity index (χ1v) is 8.85. The van der Waals surface area contributed by atoms with Crippen molar-refractivity contribution in [2.45, 2.75) is 25.7 Å². The second kappa shape index (κ2) is 5.49. The predicted octanol–water partition coefficient (Wildman–Crippen LogP) is 2.06. The minimum absolute atomic E-state index is 0.0116. The van der Waals surface area contributed by atoms with Crippen LogP contribution in [0.3, 0.4) is 0 Å². The van der Waals surface area contributed by atoms with Crippen molar-refractivity contribution in [1.29, 1.82) is 0 Å². The number of nitrogens with zero attached hydrogens (tertiary/aromatic N) is 2. The normalized spacial score (nSPS) is 22.1. The Morgan fingerprint density at radius 2 is 1.52 bits per heavy atom. The number of carbonyl (C=O) groups excluding carboxylic acids is 4. The summed E-state index contributed by atoms with van der Waals surface area (Å²) < 4.78 is 0. The molecule has 138 valence electrons. The van der Waals surface area contributed by atoms with E-state index in [-0.39, 0.29) is 35.0 Å². The molecule has 0 spiro atoms. The standard InChI is InChI=1S/C21H20N2O4/c1-21(2,11-5-7-13-15(9-11)19(26)22(3)17(13)24)12-6-8-14-16(10-12)20(27)23(4)18(14)25/h5-9,12H,10H2,1-4H3. The van der Waals surface area contributed by atoms with Crippen molar-refractivity contribution in [3.8, 4) is 0 Å². The molecule has 1 unspecified atom stereocenters. The summed E-state index contributed by atoms with van der Waals surface area (Å²) in [5.74, 6) is -1.09. The van der Waals surface area contributed by atoms with E-state index >= 15 is 0 Å². The summed E-state index contributed by atoms with van der Waals surface area (Å²) in [6.45, 7) is 4.09. The van der Waals surface area contributed by atoms with Gasteiger partial charge in [0.2, 0.25) is 0 Å². The van der Waals surface area contributed by atoms with Crippen LogP contribution in [0.1, 0.15) is 46.5 Å². The number of allylic oxidation sites excluding steroid dienone is 1. The van der Waals surface area contributed by atoms with Gasteiger partial charge in [-0.2, -0.15) is 0 Å². The van der Waals surface area contributed by atoms with E-state index in [1.807, 2.05) is 26.0 Å². The lowest BCUT2D eigenvalue weighted by Crippen LogP contribution is -2.30. The lowest BCUT2D eigenvalue weighted by Gasteiger charge is -2.35. The number of likely N-dealkylation sites (N-methyl/N-ethyl adjacent to an activating group) is 1. The molecule has 4 rings (SSSR count). The van der Waals surface area contributed by atoms with Crippen LogP contribution in [0.2, 0.25) is 0 Å². The summed E-state index contributed by atoms with van der Waals surface area (Å²) in [6, 6.07) is 5.35. The van der Waals surface area contributed by atoms with E-state index in [4.69, 9.17) is 0 Å². The van der Waals surface area contributed by atoms with Crippen molar-refractivity contribution < 1.29 is 19.2 Å². The van der Waals surface area contributed by atoms with Crippen LogP contribution in [0.15, 0.2) is 41.5 Å². The molecule has 6 nitrogen and oxygen atoms in total. The summed E-state index contributed by atoms with van der Waals surface area (Å²) in [6.07, 6.45) is 4.18. The van der Waals surface area contributed by atoms with Gasteiger partial charge in [0, 0.05) is 25.2 Å². The maximum atomic E-state index is 12.4. The fourth-order valence-electron chi connectivity index (χ4n) is 4.06. The minimum atomic E-state index is -0.390. The van der Waals surface area contributed by atoms with Gasteiger partial charge in [-0.15, -0.1) is 0 Å². The van der Waals surface area contributed by atoms with Crippen molar-refractivity contribution in [3.05, 3.63) is 58.2 Å². The van der Waals surface area contributed by atoms with Gasteiger partial charge in [-0.05, 0) is 35.4 Å². The van der Waals surface area contributed by atoms with Crippen LogP contribution in [-0.4, -0.2) is 47.5 Å². The van der Waals surface area contributed by atoms with Crippen molar-refractivity contribution >= 4 is 23.6 Å². The van der Waals surface area contributed by atoms with Crippen LogP contribution in [0, 0.1) is 5.92 Å². The van der Waals surface area contributed by atoms with Gasteiger partial charge in [-0.3, -0.25) is 29.0 Å². The first-order chi connectivity index (χ1) is 12.6. The molecule has 2 heterocycles. The molecule has 0 saturated heterocycles. The number of carbonyl (C=O) groups is 4. The number of benzene rings is 1. The SMILES string of the molecule is CN1C(=O)C2=C(CC(C(C)(C)c3ccc4c(c3)C(=O)N(C)C4=O)C=C2)C1=O. The van der Waals surface area contributed by atoms with E-state index in [1.54, 1.807) is 18.2 Å². The highest BCUT2D eigenvalue weighted by molar-refractivity contribution is 6.21. The Morgan fingerprint density at radius 1 is 0.889 bits per heavy atom. The Hall–Kier alpha value is -3.02. The third-order valence-electron chi connectivity index (χ3n) is 6.10. The molecule has 1 atom stereocenters. The van der Waals surface area contributed by atoms with Crippen molar-refractivity contribution in [1.82, 2.24) is 9.80 Å². The minimum Gasteiger partial charge on any atom is -0.278 e. The highest BCUT2D eigenvalue weighted by Gasteiger charge is 2.42. The van der Waals surface area contributed by atoms with E-state index in [2.05, 4.69) is 0 Å². The van der Waals surface area contributed by atoms with Gasteiger partial charge in [0.05, 0.1) is 11.1 Å². The lowest BCUT2D eigenvalue weighted by molar-refractivity contribution is -0.135. The van der Waals surface area contributed by atoms with Crippen LogP contribution in [0.5, 0.6) is 0 Å². The van der Waals surface area contributed by atoms with Crippen LogP contribution in [0.4, 0.5) is 0 Å². The lowest BCUT2D eigenvalue weighted by atomic mass is 9.68. The number of rotatable bonds is 2. The zero-order chi connectivity index (χ0) is 19.7. The molecule has 0 N–H and O–H groups in total. The molecular formula is C21H20N2O4. The molecule has 3 aliphatic rings. The molecular weight excluding hydrogens is 344 g/mol. The average Bonchev–Trinajstić information content (AvgIpc) is 3.02. The highest BCUT2D eigenvalue weighted by Crippen LogP contribution is 2.42. The van der Waals surface area contributed by atoms with Gasteiger partial charge < -0.3 is 0 Å². The van der Waals surface area contributed by atoms with E-state index in [1.165, 1.54) is 14.1 Å².